The molecule has 1 aromatic carbocycles. The molecule has 0 fully saturated rings. The van der Waals surface area contributed by atoms with Crippen molar-refractivity contribution in [2.75, 3.05) is 7.11 Å². The molecule has 1 rings (SSSR count). The predicted octanol–water partition coefficient (Wildman–Crippen LogP) is 1.34. The summed E-state index contributed by atoms with van der Waals surface area (Å²) in [5.41, 5.74) is 3.89. The van der Waals surface area contributed by atoms with Crippen molar-refractivity contribution in [3.63, 3.8) is 0 Å². The van der Waals surface area contributed by atoms with E-state index in [-0.39, 0.29) is 5.97 Å². The molecule has 0 aliphatic carbocycles. The van der Waals surface area contributed by atoms with Crippen molar-refractivity contribution in [3.05, 3.63) is 35.9 Å². The monoisotopic (exact) mass is 210 g/mol. The number of hydrogen-bond donors (Lipinski definition) is 1. The van der Waals surface area contributed by atoms with Crippen molar-refractivity contribution in [1.82, 2.24) is 0 Å². The van der Waals surface area contributed by atoms with Crippen LogP contribution in [0, 0.1) is 0 Å². The van der Waals surface area contributed by atoms with Gasteiger partial charge in [0.15, 0.2) is 0 Å². The van der Waals surface area contributed by atoms with Crippen molar-refractivity contribution in [2.45, 2.75) is 26.3 Å². The molecule has 1 unspecified atom stereocenters. The number of benzene rings is 1. The van der Waals surface area contributed by atoms with Crippen LogP contribution in [0.25, 0.3) is 0 Å². The van der Waals surface area contributed by atoms with Gasteiger partial charge in [0.05, 0.1) is 7.11 Å². The van der Waals surface area contributed by atoms with Crippen molar-refractivity contribution in [3.8, 4) is 0 Å². The van der Waals surface area contributed by atoms with Crippen LogP contribution >= 0.6 is 0 Å². The van der Waals surface area contributed by atoms with E-state index >= 15 is 0 Å². The first-order valence-corrected chi connectivity index (χ1v) is 5.08. The molecular weight excluding hydrogens is 190 g/mol. The Kier molecular flexibility index (Phi) is 5.64. The zero-order chi connectivity index (χ0) is 11.9. The van der Waals surface area contributed by atoms with Gasteiger partial charge in [-0.25, -0.2) is 4.79 Å². The molecule has 0 aliphatic rings. The number of carbonyl (C=O) groups is 1. The van der Waals surface area contributed by atoms with Crippen LogP contribution in [0.4, 0.5) is 0 Å². The highest BCUT2D eigenvalue weighted by Gasteiger charge is 2.35. The molecule has 0 bridgehead atoms. The maximum absolute atomic E-state index is 11.3. The summed E-state index contributed by atoms with van der Waals surface area (Å²) in [6, 6.07) is 9.38. The second-order valence-corrected chi connectivity index (χ2v) is 3.19. The molecule has 15 heavy (non-hydrogen) atoms. The quantitative estimate of drug-likeness (QED) is 0.749. The van der Waals surface area contributed by atoms with E-state index in [4.69, 9.17) is 0 Å². The van der Waals surface area contributed by atoms with Crippen LogP contribution in [0.2, 0.25) is 0 Å². The first-order valence-electron chi connectivity index (χ1n) is 5.08. The summed E-state index contributed by atoms with van der Waals surface area (Å²) in [6.07, 6.45) is 0. The highest BCUT2D eigenvalue weighted by Crippen LogP contribution is 2.16. The van der Waals surface area contributed by atoms with Crippen LogP contribution < -0.4 is 5.73 Å². The van der Waals surface area contributed by atoms with Gasteiger partial charge in [-0.05, 0) is 0 Å². The number of esters is 1. The average molecular weight is 210 g/mol. The maximum Gasteiger partial charge on any atom is 0.372 e. The van der Waals surface area contributed by atoms with E-state index in [0.717, 1.165) is 5.56 Å². The highest BCUT2D eigenvalue weighted by molar-refractivity contribution is 5.79. The topological polar surface area (TPSA) is 53.9 Å². The first-order chi connectivity index (χ1) is 7.09. The second-order valence-electron chi connectivity index (χ2n) is 3.19. The van der Waals surface area contributed by atoms with Gasteiger partial charge in [0, 0.05) is 12.5 Å². The van der Waals surface area contributed by atoms with E-state index in [9.17, 15) is 4.79 Å². The van der Waals surface area contributed by atoms with Gasteiger partial charge in [0.1, 0.15) is 0 Å². The Balaban J connectivity index is 0.000000921. The maximum atomic E-state index is 11.3. The van der Waals surface area contributed by atoms with Gasteiger partial charge in [-0.2, -0.15) is 0 Å². The van der Waals surface area contributed by atoms with Crippen molar-refractivity contribution in [2.24, 2.45) is 0 Å². The Hall–Kier alpha value is -1.35. The summed E-state index contributed by atoms with van der Waals surface area (Å²) in [7, 11) is 1.37. The minimum absolute atomic E-state index is 0.321. The van der Waals surface area contributed by atoms with Crippen LogP contribution in [0.3, 0.4) is 0 Å². The normalized spacial score (nSPS) is 13.1. The minimum atomic E-state index is -0.810. The van der Waals surface area contributed by atoms with Gasteiger partial charge >= 0.3 is 5.97 Å². The third-order valence-corrected chi connectivity index (χ3v) is 2.05. The molecule has 1 aromatic rings. The Morgan fingerprint density at radius 3 is 2.13 bits per heavy atom. The van der Waals surface area contributed by atoms with E-state index in [0.29, 0.717) is 0 Å². The van der Waals surface area contributed by atoms with Crippen LogP contribution in [0.1, 0.15) is 26.3 Å². The standard InChI is InChI=1S/C10H13NO2.C2H6/c1-10(11,9(12)13-2)8-6-4-3-5-7-8;1-2/h3-7H,11H2,1-2H3;1-2H3/p+1. The summed E-state index contributed by atoms with van der Waals surface area (Å²) in [4.78, 5) is 11.3. The summed E-state index contributed by atoms with van der Waals surface area (Å²) in [6.45, 7) is 5.74. The van der Waals surface area contributed by atoms with Gasteiger partial charge in [-0.3, -0.25) is 0 Å². The summed E-state index contributed by atoms with van der Waals surface area (Å²) in [5, 5.41) is 0. The van der Waals surface area contributed by atoms with Gasteiger partial charge in [0.25, 0.3) is 0 Å². The number of hydrogen-bond acceptors (Lipinski definition) is 2. The van der Waals surface area contributed by atoms with Gasteiger partial charge in [-0.1, -0.05) is 44.2 Å². The number of carbonyl (C=O) groups excluding carboxylic acids is 1. The molecule has 0 aliphatic heterocycles. The van der Waals surface area contributed by atoms with Crippen molar-refractivity contribution < 1.29 is 15.3 Å². The van der Waals surface area contributed by atoms with Gasteiger partial charge < -0.3 is 10.5 Å². The SMILES string of the molecule is CC.COC(=O)C(C)([NH3+])c1ccccc1. The number of quaternary nitrogens is 1. The molecule has 0 saturated heterocycles. The molecule has 0 radical (unpaired) electrons. The fourth-order valence-electron chi connectivity index (χ4n) is 1.15. The number of methoxy groups -OCH3 is 1. The molecule has 0 aromatic heterocycles. The van der Waals surface area contributed by atoms with E-state index < -0.39 is 5.54 Å². The average Bonchev–Trinajstić information content (AvgIpc) is 2.31. The molecule has 3 N–H and O–H groups in total. The highest BCUT2D eigenvalue weighted by atomic mass is 16.5. The van der Waals surface area contributed by atoms with Gasteiger partial charge in [0.2, 0.25) is 5.54 Å². The molecule has 0 heterocycles. The van der Waals surface area contributed by atoms with Crippen LogP contribution in [-0.4, -0.2) is 13.1 Å². The first kappa shape index (κ1) is 13.7. The molecular formula is C12H20NO2+. The predicted molar refractivity (Wildman–Crippen MR) is 60.0 cm³/mol. The fraction of sp³-hybridized carbons (Fsp3) is 0.417. The Morgan fingerprint density at radius 2 is 1.73 bits per heavy atom. The third kappa shape index (κ3) is 3.36. The Bertz CT molecular complexity index is 294. The molecule has 0 saturated carbocycles. The van der Waals surface area contributed by atoms with Crippen molar-refractivity contribution >= 4 is 5.97 Å². The fourth-order valence-corrected chi connectivity index (χ4v) is 1.15. The lowest BCUT2D eigenvalue weighted by atomic mass is 9.94. The summed E-state index contributed by atoms with van der Waals surface area (Å²) >= 11 is 0. The molecule has 1 atom stereocenters. The van der Waals surface area contributed by atoms with E-state index in [2.05, 4.69) is 10.5 Å². The lowest BCUT2D eigenvalue weighted by molar-refractivity contribution is -0.465. The summed E-state index contributed by atoms with van der Waals surface area (Å²) in [5.74, 6) is -0.321. The number of rotatable bonds is 2. The van der Waals surface area contributed by atoms with E-state index in [1.165, 1.54) is 7.11 Å². The minimum Gasteiger partial charge on any atom is -0.464 e. The van der Waals surface area contributed by atoms with Crippen LogP contribution in [0.15, 0.2) is 30.3 Å². The third-order valence-electron chi connectivity index (χ3n) is 2.05. The molecule has 0 spiro atoms. The lowest BCUT2D eigenvalue weighted by Crippen LogP contribution is -2.72. The molecule has 0 amide bonds. The second kappa shape index (κ2) is 6.19. The largest absolute Gasteiger partial charge is 0.464 e. The Morgan fingerprint density at radius 1 is 1.27 bits per heavy atom. The van der Waals surface area contributed by atoms with E-state index in [1.807, 2.05) is 44.2 Å². The molecule has 3 heteroatoms. The Labute approximate surface area is 91.2 Å². The zero-order valence-electron chi connectivity index (χ0n) is 9.91. The van der Waals surface area contributed by atoms with Gasteiger partial charge in [-0.15, -0.1) is 0 Å². The molecule has 3 nitrogen and oxygen atoms in total. The van der Waals surface area contributed by atoms with E-state index in [1.54, 1.807) is 6.92 Å². The lowest BCUT2D eigenvalue weighted by Gasteiger charge is -2.17. The smallest absolute Gasteiger partial charge is 0.372 e. The van der Waals surface area contributed by atoms with Crippen LogP contribution in [0.5, 0.6) is 0 Å². The zero-order valence-corrected chi connectivity index (χ0v) is 9.91. The summed E-state index contributed by atoms with van der Waals surface area (Å²) < 4.78 is 4.67. The van der Waals surface area contributed by atoms with Crippen molar-refractivity contribution in [1.29, 1.82) is 0 Å². The molecule has 84 valence electrons. The number of ether oxygens (including phenoxy) is 1. The van der Waals surface area contributed by atoms with Crippen LogP contribution in [-0.2, 0) is 15.1 Å².